The first-order valence-corrected chi connectivity index (χ1v) is 7.69. The van der Waals surface area contributed by atoms with Crippen molar-refractivity contribution >= 4 is 23.1 Å². The van der Waals surface area contributed by atoms with Crippen LogP contribution in [0.15, 0.2) is 32.8 Å². The number of hydrogen-bond acceptors (Lipinski definition) is 4. The molecule has 1 heterocycles. The number of aryl methyl sites for hydroxylation is 2. The van der Waals surface area contributed by atoms with Crippen molar-refractivity contribution in [3.63, 3.8) is 0 Å². The van der Waals surface area contributed by atoms with Crippen LogP contribution in [0.1, 0.15) is 23.7 Å². The topological polar surface area (TPSA) is 38.9 Å². The highest BCUT2D eigenvalue weighted by Gasteiger charge is 2.09. The molecule has 0 saturated carbocycles. The van der Waals surface area contributed by atoms with E-state index >= 15 is 0 Å². The first-order chi connectivity index (χ1) is 8.54. The highest BCUT2D eigenvalue weighted by atomic mass is 32.2. The minimum atomic E-state index is 0.184. The fourth-order valence-electron chi connectivity index (χ4n) is 1.79. The summed E-state index contributed by atoms with van der Waals surface area (Å²) in [5.74, 6) is 0. The van der Waals surface area contributed by atoms with Gasteiger partial charge in [0.15, 0.2) is 4.34 Å². The maximum atomic E-state index is 5.92. The number of rotatable bonds is 4. The van der Waals surface area contributed by atoms with E-state index in [1.165, 1.54) is 16.0 Å². The first-order valence-electron chi connectivity index (χ1n) is 5.99. The summed E-state index contributed by atoms with van der Waals surface area (Å²) in [5.41, 5.74) is 9.61. The highest BCUT2D eigenvalue weighted by molar-refractivity contribution is 8.01. The molecule has 18 heavy (non-hydrogen) atoms. The third-order valence-corrected chi connectivity index (χ3v) is 4.73. The van der Waals surface area contributed by atoms with Gasteiger partial charge in [-0.2, -0.15) is 0 Å². The van der Waals surface area contributed by atoms with Gasteiger partial charge in [-0.25, -0.2) is 4.98 Å². The standard InChI is InChI=1S/C14H18N2S2/c1-9-4-5-13(12(6-9)7-10(2)15)18-14-16-11(3)8-17-14/h4-6,8,10H,7,15H2,1-3H3. The van der Waals surface area contributed by atoms with Gasteiger partial charge in [-0.05, 0) is 38.8 Å². The van der Waals surface area contributed by atoms with Crippen molar-refractivity contribution in [2.24, 2.45) is 5.73 Å². The van der Waals surface area contributed by atoms with Crippen LogP contribution in [0.25, 0.3) is 0 Å². The van der Waals surface area contributed by atoms with E-state index in [4.69, 9.17) is 5.73 Å². The van der Waals surface area contributed by atoms with Gasteiger partial charge in [-0.3, -0.25) is 0 Å². The Bertz CT molecular complexity index is 532. The van der Waals surface area contributed by atoms with Gasteiger partial charge in [-0.15, -0.1) is 11.3 Å². The van der Waals surface area contributed by atoms with E-state index in [2.05, 4.69) is 35.5 Å². The summed E-state index contributed by atoms with van der Waals surface area (Å²) < 4.78 is 1.10. The van der Waals surface area contributed by atoms with Crippen molar-refractivity contribution in [2.75, 3.05) is 0 Å². The van der Waals surface area contributed by atoms with Gasteiger partial charge in [0.25, 0.3) is 0 Å². The summed E-state index contributed by atoms with van der Waals surface area (Å²) in [4.78, 5) is 5.77. The van der Waals surface area contributed by atoms with Crippen molar-refractivity contribution < 1.29 is 0 Å². The van der Waals surface area contributed by atoms with E-state index in [1.54, 1.807) is 23.1 Å². The zero-order chi connectivity index (χ0) is 13.1. The number of aromatic nitrogens is 1. The molecule has 1 aromatic heterocycles. The lowest BCUT2D eigenvalue weighted by Gasteiger charge is -2.11. The number of benzene rings is 1. The van der Waals surface area contributed by atoms with E-state index in [0.29, 0.717) is 0 Å². The molecule has 1 aromatic carbocycles. The molecule has 1 atom stereocenters. The van der Waals surface area contributed by atoms with Crippen LogP contribution in [0.5, 0.6) is 0 Å². The minimum Gasteiger partial charge on any atom is -0.328 e. The van der Waals surface area contributed by atoms with Crippen molar-refractivity contribution in [1.29, 1.82) is 0 Å². The van der Waals surface area contributed by atoms with Gasteiger partial charge in [0.05, 0.1) is 0 Å². The highest BCUT2D eigenvalue weighted by Crippen LogP contribution is 2.33. The molecular weight excluding hydrogens is 260 g/mol. The quantitative estimate of drug-likeness (QED) is 0.924. The van der Waals surface area contributed by atoms with Gasteiger partial charge in [0.2, 0.25) is 0 Å². The zero-order valence-electron chi connectivity index (χ0n) is 10.9. The van der Waals surface area contributed by atoms with E-state index in [0.717, 1.165) is 16.5 Å². The molecule has 0 amide bonds. The Morgan fingerprint density at radius 3 is 2.78 bits per heavy atom. The Hall–Kier alpha value is -0.840. The Labute approximate surface area is 117 Å². The van der Waals surface area contributed by atoms with Crippen LogP contribution in [0.4, 0.5) is 0 Å². The summed E-state index contributed by atoms with van der Waals surface area (Å²) in [5, 5.41) is 2.09. The van der Waals surface area contributed by atoms with Crippen molar-refractivity contribution in [1.82, 2.24) is 4.98 Å². The molecule has 2 nitrogen and oxygen atoms in total. The van der Waals surface area contributed by atoms with E-state index in [-0.39, 0.29) is 6.04 Å². The van der Waals surface area contributed by atoms with Crippen molar-refractivity contribution in [3.05, 3.63) is 40.4 Å². The van der Waals surface area contributed by atoms with Crippen molar-refractivity contribution in [2.45, 2.75) is 42.5 Å². The Balaban J connectivity index is 2.26. The predicted molar refractivity (Wildman–Crippen MR) is 79.5 cm³/mol. The molecule has 0 fully saturated rings. The van der Waals surface area contributed by atoms with Gasteiger partial charge in [0, 0.05) is 22.0 Å². The zero-order valence-corrected chi connectivity index (χ0v) is 12.6. The summed E-state index contributed by atoms with van der Waals surface area (Å²) >= 11 is 3.43. The monoisotopic (exact) mass is 278 g/mol. The SMILES string of the molecule is Cc1ccc(Sc2nc(C)cs2)c(CC(C)N)c1. The number of nitrogens with zero attached hydrogens (tertiary/aromatic N) is 1. The average molecular weight is 278 g/mol. The normalized spacial score (nSPS) is 12.7. The molecule has 0 bridgehead atoms. The largest absolute Gasteiger partial charge is 0.328 e. The molecule has 0 saturated heterocycles. The fraction of sp³-hybridized carbons (Fsp3) is 0.357. The minimum absolute atomic E-state index is 0.184. The van der Waals surface area contributed by atoms with Crippen LogP contribution in [0, 0.1) is 13.8 Å². The Kier molecular flexibility index (Phi) is 4.43. The van der Waals surface area contributed by atoms with Gasteiger partial charge in [0.1, 0.15) is 0 Å². The molecule has 96 valence electrons. The van der Waals surface area contributed by atoms with Crippen LogP contribution >= 0.6 is 23.1 Å². The summed E-state index contributed by atoms with van der Waals surface area (Å²) in [6, 6.07) is 6.73. The maximum absolute atomic E-state index is 5.92. The maximum Gasteiger partial charge on any atom is 0.154 e. The molecule has 2 N–H and O–H groups in total. The lowest BCUT2D eigenvalue weighted by atomic mass is 10.1. The third kappa shape index (κ3) is 3.57. The molecule has 0 spiro atoms. The molecule has 0 aliphatic carbocycles. The second-order valence-electron chi connectivity index (χ2n) is 4.65. The molecule has 1 unspecified atom stereocenters. The van der Waals surface area contributed by atoms with Gasteiger partial charge < -0.3 is 5.73 Å². The molecule has 0 radical (unpaired) electrons. The van der Waals surface area contributed by atoms with Crippen LogP contribution in [0.2, 0.25) is 0 Å². The lowest BCUT2D eigenvalue weighted by molar-refractivity contribution is 0.729. The van der Waals surface area contributed by atoms with Crippen LogP contribution < -0.4 is 5.73 Å². The Morgan fingerprint density at radius 2 is 2.17 bits per heavy atom. The first kappa shape index (κ1) is 13.6. The third-order valence-electron chi connectivity index (χ3n) is 2.55. The molecule has 2 rings (SSSR count). The van der Waals surface area contributed by atoms with Gasteiger partial charge >= 0.3 is 0 Å². The van der Waals surface area contributed by atoms with E-state index in [1.807, 2.05) is 13.8 Å². The number of hydrogen-bond donors (Lipinski definition) is 1. The Morgan fingerprint density at radius 1 is 1.39 bits per heavy atom. The molecule has 0 aliphatic rings. The second-order valence-corrected chi connectivity index (χ2v) is 6.80. The van der Waals surface area contributed by atoms with Crippen LogP contribution in [-0.2, 0) is 6.42 Å². The van der Waals surface area contributed by atoms with Gasteiger partial charge in [-0.1, -0.05) is 29.5 Å². The average Bonchev–Trinajstić information content (AvgIpc) is 2.67. The molecular formula is C14H18N2S2. The van der Waals surface area contributed by atoms with Crippen LogP contribution in [0.3, 0.4) is 0 Å². The van der Waals surface area contributed by atoms with E-state index in [9.17, 15) is 0 Å². The summed E-state index contributed by atoms with van der Waals surface area (Å²) in [6.07, 6.45) is 0.911. The number of nitrogens with two attached hydrogens (primary N) is 1. The molecule has 0 aliphatic heterocycles. The van der Waals surface area contributed by atoms with Crippen molar-refractivity contribution in [3.8, 4) is 0 Å². The summed E-state index contributed by atoms with van der Waals surface area (Å²) in [6.45, 7) is 6.19. The number of thiazole rings is 1. The smallest absolute Gasteiger partial charge is 0.154 e. The van der Waals surface area contributed by atoms with Crippen LogP contribution in [-0.4, -0.2) is 11.0 Å². The van der Waals surface area contributed by atoms with E-state index < -0.39 is 0 Å². The molecule has 4 heteroatoms. The predicted octanol–water partition coefficient (Wildman–Crippen LogP) is 3.80. The lowest BCUT2D eigenvalue weighted by Crippen LogP contribution is -2.18. The fourth-order valence-corrected chi connectivity index (χ4v) is 3.70. The molecule has 2 aromatic rings. The second kappa shape index (κ2) is 5.87. The summed E-state index contributed by atoms with van der Waals surface area (Å²) in [7, 11) is 0.